The second kappa shape index (κ2) is 7.83. The zero-order chi connectivity index (χ0) is 19.5. The number of hydrogen-bond donors (Lipinski definition) is 1. The van der Waals surface area contributed by atoms with E-state index in [0.29, 0.717) is 31.9 Å². The number of anilines is 1. The Balaban J connectivity index is 1.71. The molecular formula is C17H18F3N3O3S. The van der Waals surface area contributed by atoms with Gasteiger partial charge in [-0.1, -0.05) is 18.2 Å². The molecule has 1 aromatic carbocycles. The smallest absolute Gasteiger partial charge is 0.378 e. The molecule has 6 nitrogen and oxygen atoms in total. The summed E-state index contributed by atoms with van der Waals surface area (Å²) in [6.45, 7) is 2.50. The summed E-state index contributed by atoms with van der Waals surface area (Å²) < 4.78 is 71.3. The maximum Gasteiger partial charge on any atom is 0.417 e. The standard InChI is InChI=1S/C17H18F3N3O3S/c18-17(19,20)14-3-1-2-4-15(14)27(24,25)22-12-13-5-6-16(21-11-13)23-7-9-26-10-8-23/h1-6,11,22H,7-10,12H2. The molecule has 2 heterocycles. The molecular weight excluding hydrogens is 383 g/mol. The van der Waals surface area contributed by atoms with Gasteiger partial charge in [-0.05, 0) is 23.8 Å². The van der Waals surface area contributed by atoms with Gasteiger partial charge in [0.1, 0.15) is 5.82 Å². The van der Waals surface area contributed by atoms with Crippen LogP contribution in [0.1, 0.15) is 11.1 Å². The van der Waals surface area contributed by atoms with E-state index in [-0.39, 0.29) is 6.54 Å². The Morgan fingerprint density at radius 3 is 2.44 bits per heavy atom. The first-order chi connectivity index (χ1) is 12.8. The second-order valence-corrected chi connectivity index (χ2v) is 7.68. The lowest BCUT2D eigenvalue weighted by Gasteiger charge is -2.27. The minimum atomic E-state index is -4.76. The third-order valence-corrected chi connectivity index (χ3v) is 5.55. The van der Waals surface area contributed by atoms with Crippen molar-refractivity contribution in [3.8, 4) is 0 Å². The van der Waals surface area contributed by atoms with Gasteiger partial charge in [-0.15, -0.1) is 0 Å². The van der Waals surface area contributed by atoms with Crippen molar-refractivity contribution < 1.29 is 26.3 Å². The summed E-state index contributed by atoms with van der Waals surface area (Å²) in [4.78, 5) is 5.53. The highest BCUT2D eigenvalue weighted by atomic mass is 32.2. The molecule has 0 unspecified atom stereocenters. The van der Waals surface area contributed by atoms with Gasteiger partial charge in [0.15, 0.2) is 0 Å². The van der Waals surface area contributed by atoms with Gasteiger partial charge in [-0.25, -0.2) is 18.1 Å². The Morgan fingerprint density at radius 1 is 1.11 bits per heavy atom. The van der Waals surface area contributed by atoms with Gasteiger partial charge in [0.05, 0.1) is 23.7 Å². The van der Waals surface area contributed by atoms with Crippen molar-refractivity contribution in [3.05, 3.63) is 53.7 Å². The third-order valence-electron chi connectivity index (χ3n) is 4.09. The maximum absolute atomic E-state index is 13.0. The molecule has 10 heteroatoms. The minimum absolute atomic E-state index is 0.162. The summed E-state index contributed by atoms with van der Waals surface area (Å²) in [6, 6.07) is 7.52. The van der Waals surface area contributed by atoms with Crippen LogP contribution < -0.4 is 9.62 Å². The molecule has 2 aromatic rings. The van der Waals surface area contributed by atoms with Crippen molar-refractivity contribution in [1.29, 1.82) is 0 Å². The van der Waals surface area contributed by atoms with E-state index in [2.05, 4.69) is 9.71 Å². The Hall–Kier alpha value is -2.17. The van der Waals surface area contributed by atoms with Crippen molar-refractivity contribution in [2.45, 2.75) is 17.6 Å². The molecule has 146 valence electrons. The van der Waals surface area contributed by atoms with Crippen LogP contribution in [0.15, 0.2) is 47.5 Å². The fourth-order valence-electron chi connectivity index (χ4n) is 2.69. The average molecular weight is 401 g/mol. The van der Waals surface area contributed by atoms with Crippen LogP contribution in [0, 0.1) is 0 Å². The Bertz CT molecular complexity index is 880. The molecule has 0 atom stereocenters. The van der Waals surface area contributed by atoms with E-state index in [9.17, 15) is 21.6 Å². The summed E-state index contributed by atoms with van der Waals surface area (Å²) in [5, 5.41) is 0. The molecule has 27 heavy (non-hydrogen) atoms. The van der Waals surface area contributed by atoms with Crippen molar-refractivity contribution in [2.75, 3.05) is 31.2 Å². The predicted molar refractivity (Wildman–Crippen MR) is 92.7 cm³/mol. The fourth-order valence-corrected chi connectivity index (χ4v) is 3.94. The topological polar surface area (TPSA) is 71.5 Å². The molecule has 0 saturated carbocycles. The lowest BCUT2D eigenvalue weighted by atomic mass is 10.2. The van der Waals surface area contributed by atoms with Crippen LogP contribution in [0.4, 0.5) is 19.0 Å². The number of sulfonamides is 1. The SMILES string of the molecule is O=S(=O)(NCc1ccc(N2CCOCC2)nc1)c1ccccc1C(F)(F)F. The van der Waals surface area contributed by atoms with E-state index in [1.807, 2.05) is 4.90 Å². The number of aromatic nitrogens is 1. The second-order valence-electron chi connectivity index (χ2n) is 5.94. The molecule has 1 aliphatic heterocycles. The highest BCUT2D eigenvalue weighted by Gasteiger charge is 2.36. The quantitative estimate of drug-likeness (QED) is 0.833. The summed E-state index contributed by atoms with van der Waals surface area (Å²) in [6.07, 6.45) is -3.25. The summed E-state index contributed by atoms with van der Waals surface area (Å²) in [5.74, 6) is 0.743. The fraction of sp³-hybridized carbons (Fsp3) is 0.353. The van der Waals surface area contributed by atoms with E-state index in [1.54, 1.807) is 12.1 Å². The molecule has 3 rings (SSSR count). The van der Waals surface area contributed by atoms with Gasteiger partial charge < -0.3 is 9.64 Å². The van der Waals surface area contributed by atoms with E-state index >= 15 is 0 Å². The largest absolute Gasteiger partial charge is 0.417 e. The number of alkyl halides is 3. The zero-order valence-electron chi connectivity index (χ0n) is 14.2. The average Bonchev–Trinajstić information content (AvgIpc) is 2.67. The molecule has 1 aromatic heterocycles. The highest BCUT2D eigenvalue weighted by Crippen LogP contribution is 2.33. The molecule has 1 aliphatic rings. The van der Waals surface area contributed by atoms with E-state index in [4.69, 9.17) is 4.74 Å². The predicted octanol–water partition coefficient (Wildman–Crippen LogP) is 2.42. The molecule has 1 N–H and O–H groups in total. The molecule has 0 aliphatic carbocycles. The molecule has 1 fully saturated rings. The van der Waals surface area contributed by atoms with Crippen LogP contribution in [0.2, 0.25) is 0 Å². The number of halogens is 3. The van der Waals surface area contributed by atoms with Crippen molar-refractivity contribution >= 4 is 15.8 Å². The zero-order valence-corrected chi connectivity index (χ0v) is 15.1. The number of hydrogen-bond acceptors (Lipinski definition) is 5. The first-order valence-electron chi connectivity index (χ1n) is 8.21. The van der Waals surface area contributed by atoms with Crippen molar-refractivity contribution in [3.63, 3.8) is 0 Å². The van der Waals surface area contributed by atoms with Gasteiger partial charge >= 0.3 is 6.18 Å². The maximum atomic E-state index is 13.0. The van der Waals surface area contributed by atoms with Crippen LogP contribution in [-0.2, 0) is 27.5 Å². The third kappa shape index (κ3) is 4.76. The molecule has 1 saturated heterocycles. The monoisotopic (exact) mass is 401 g/mol. The molecule has 0 bridgehead atoms. The number of rotatable bonds is 5. The van der Waals surface area contributed by atoms with E-state index < -0.39 is 26.7 Å². The van der Waals surface area contributed by atoms with Gasteiger partial charge in [-0.3, -0.25) is 0 Å². The first kappa shape index (κ1) is 19.6. The Labute approximate surface area is 155 Å². The highest BCUT2D eigenvalue weighted by molar-refractivity contribution is 7.89. The normalized spacial score (nSPS) is 15.7. The Kier molecular flexibility index (Phi) is 5.68. The van der Waals surface area contributed by atoms with E-state index in [1.165, 1.54) is 12.3 Å². The summed E-state index contributed by atoms with van der Waals surface area (Å²) in [7, 11) is -4.33. The lowest BCUT2D eigenvalue weighted by Crippen LogP contribution is -2.36. The van der Waals surface area contributed by atoms with Crippen LogP contribution in [0.25, 0.3) is 0 Å². The number of morpholine rings is 1. The van der Waals surface area contributed by atoms with Crippen molar-refractivity contribution in [1.82, 2.24) is 9.71 Å². The van der Waals surface area contributed by atoms with Crippen molar-refractivity contribution in [2.24, 2.45) is 0 Å². The summed E-state index contributed by atoms with van der Waals surface area (Å²) >= 11 is 0. The number of ether oxygens (including phenoxy) is 1. The van der Waals surface area contributed by atoms with Crippen LogP contribution in [0.5, 0.6) is 0 Å². The first-order valence-corrected chi connectivity index (χ1v) is 9.69. The van der Waals surface area contributed by atoms with Gasteiger partial charge in [-0.2, -0.15) is 13.2 Å². The van der Waals surface area contributed by atoms with Gasteiger partial charge in [0, 0.05) is 25.8 Å². The van der Waals surface area contributed by atoms with Gasteiger partial charge in [0.25, 0.3) is 0 Å². The summed E-state index contributed by atoms with van der Waals surface area (Å²) in [5.41, 5.74) is -0.654. The lowest BCUT2D eigenvalue weighted by molar-refractivity contribution is -0.139. The van der Waals surface area contributed by atoms with E-state index in [0.717, 1.165) is 24.0 Å². The minimum Gasteiger partial charge on any atom is -0.378 e. The van der Waals surface area contributed by atoms with Crippen LogP contribution >= 0.6 is 0 Å². The number of nitrogens with zero attached hydrogens (tertiary/aromatic N) is 2. The number of benzene rings is 1. The van der Waals surface area contributed by atoms with Crippen LogP contribution in [0.3, 0.4) is 0 Å². The van der Waals surface area contributed by atoms with Crippen LogP contribution in [-0.4, -0.2) is 39.7 Å². The number of pyridine rings is 1. The molecule has 0 amide bonds. The van der Waals surface area contributed by atoms with Gasteiger partial charge in [0.2, 0.25) is 10.0 Å². The molecule has 0 radical (unpaired) electrons. The number of nitrogens with one attached hydrogen (secondary N) is 1. The molecule has 0 spiro atoms. The Morgan fingerprint density at radius 2 is 1.81 bits per heavy atom.